The van der Waals surface area contributed by atoms with Gasteiger partial charge in [-0.25, -0.2) is 8.78 Å². The lowest BCUT2D eigenvalue weighted by Crippen LogP contribution is -1.80. The Morgan fingerprint density at radius 2 is 1.73 bits per heavy atom. The maximum absolute atomic E-state index is 12.2. The third kappa shape index (κ3) is 3.43. The van der Waals surface area contributed by atoms with Crippen LogP contribution in [-0.2, 0) is 0 Å². The van der Waals surface area contributed by atoms with Crippen LogP contribution in [0.15, 0.2) is 22.7 Å². The van der Waals surface area contributed by atoms with Crippen molar-refractivity contribution < 1.29 is 13.9 Å². The molecule has 0 aromatic heterocycles. The molecule has 11 heavy (non-hydrogen) atoms. The summed E-state index contributed by atoms with van der Waals surface area (Å²) in [6.07, 6.45) is 0. The van der Waals surface area contributed by atoms with Crippen molar-refractivity contribution in [3.8, 4) is 0 Å². The van der Waals surface area contributed by atoms with Gasteiger partial charge in [-0.15, -0.1) is 0 Å². The average Bonchev–Trinajstić information content (AvgIpc) is 2.02. The van der Waals surface area contributed by atoms with E-state index >= 15 is 0 Å². The minimum Gasteiger partial charge on any atom is -0.400 e. The van der Waals surface area contributed by atoms with Crippen molar-refractivity contribution in [2.75, 3.05) is 7.11 Å². The highest BCUT2D eigenvalue weighted by Gasteiger charge is 1.98. The Hall–Kier alpha value is -0.480. The fourth-order valence-corrected chi connectivity index (χ4v) is 0.804. The van der Waals surface area contributed by atoms with E-state index in [9.17, 15) is 8.78 Å². The van der Waals surface area contributed by atoms with Crippen LogP contribution in [0.5, 0.6) is 0 Å². The van der Waals surface area contributed by atoms with Crippen molar-refractivity contribution in [1.82, 2.24) is 0 Å². The van der Waals surface area contributed by atoms with Gasteiger partial charge < -0.3 is 5.11 Å². The molecule has 0 aliphatic carbocycles. The van der Waals surface area contributed by atoms with Crippen LogP contribution in [0.25, 0.3) is 0 Å². The molecular formula is C7H7BrF2O. The summed E-state index contributed by atoms with van der Waals surface area (Å²) in [6, 6.07) is 3.59. The highest BCUT2D eigenvalue weighted by molar-refractivity contribution is 9.10. The molecule has 0 aliphatic rings. The molecule has 0 spiro atoms. The number of halogens is 3. The molecule has 4 heteroatoms. The van der Waals surface area contributed by atoms with Gasteiger partial charge in [0.25, 0.3) is 0 Å². The zero-order valence-corrected chi connectivity index (χ0v) is 7.40. The second-order valence-electron chi connectivity index (χ2n) is 1.56. The highest BCUT2D eigenvalue weighted by atomic mass is 79.9. The Bertz CT molecular complexity index is 228. The summed E-state index contributed by atoms with van der Waals surface area (Å²) in [4.78, 5) is 0. The molecule has 0 saturated carbocycles. The van der Waals surface area contributed by atoms with Crippen LogP contribution in [0.1, 0.15) is 0 Å². The van der Waals surface area contributed by atoms with Crippen LogP contribution in [0.4, 0.5) is 8.78 Å². The van der Waals surface area contributed by atoms with Crippen LogP contribution in [0.2, 0.25) is 0 Å². The van der Waals surface area contributed by atoms with E-state index in [2.05, 4.69) is 15.9 Å². The van der Waals surface area contributed by atoms with E-state index < -0.39 is 11.6 Å². The van der Waals surface area contributed by atoms with E-state index in [1.807, 2.05) is 0 Å². The monoisotopic (exact) mass is 224 g/mol. The molecule has 1 aromatic rings. The fraction of sp³-hybridized carbons (Fsp3) is 0.143. The number of benzene rings is 1. The predicted molar refractivity (Wildman–Crippen MR) is 42.2 cm³/mol. The Morgan fingerprint density at radius 3 is 2.09 bits per heavy atom. The maximum atomic E-state index is 12.2. The van der Waals surface area contributed by atoms with E-state index in [0.717, 1.165) is 19.2 Å². The summed E-state index contributed by atoms with van der Waals surface area (Å²) in [7, 11) is 1.00. The normalized spacial score (nSPS) is 8.45. The van der Waals surface area contributed by atoms with Crippen LogP contribution in [0.3, 0.4) is 0 Å². The molecule has 0 fully saturated rings. The number of aliphatic hydroxyl groups is 1. The summed E-state index contributed by atoms with van der Waals surface area (Å²) in [5.41, 5.74) is 0. The first-order valence-electron chi connectivity index (χ1n) is 2.75. The zero-order valence-electron chi connectivity index (χ0n) is 5.81. The zero-order chi connectivity index (χ0) is 8.85. The fourth-order valence-electron chi connectivity index (χ4n) is 0.470. The van der Waals surface area contributed by atoms with Crippen LogP contribution < -0.4 is 0 Å². The van der Waals surface area contributed by atoms with Crippen molar-refractivity contribution in [2.45, 2.75) is 0 Å². The average molecular weight is 225 g/mol. The van der Waals surface area contributed by atoms with Crippen molar-refractivity contribution in [1.29, 1.82) is 0 Å². The number of hydrogen-bond donors (Lipinski definition) is 1. The topological polar surface area (TPSA) is 20.2 Å². The molecular weight excluding hydrogens is 218 g/mol. The molecule has 0 bridgehead atoms. The first kappa shape index (κ1) is 10.5. The standard InChI is InChI=1S/C6H3BrF2.CH4O/c7-4-1-2-5(8)6(9)3-4;1-2/h1-3H;2H,1H3. The van der Waals surface area contributed by atoms with Crippen LogP contribution >= 0.6 is 15.9 Å². The molecule has 1 aromatic carbocycles. The van der Waals surface area contributed by atoms with E-state index in [0.29, 0.717) is 4.47 Å². The van der Waals surface area contributed by atoms with Gasteiger partial charge in [-0.3, -0.25) is 0 Å². The van der Waals surface area contributed by atoms with Gasteiger partial charge in [-0.2, -0.15) is 0 Å². The van der Waals surface area contributed by atoms with Gasteiger partial charge in [0.1, 0.15) is 0 Å². The molecule has 1 rings (SSSR count). The van der Waals surface area contributed by atoms with Crippen molar-refractivity contribution in [3.05, 3.63) is 34.3 Å². The van der Waals surface area contributed by atoms with E-state index in [4.69, 9.17) is 5.11 Å². The van der Waals surface area contributed by atoms with E-state index in [-0.39, 0.29) is 0 Å². The third-order valence-electron chi connectivity index (χ3n) is 0.882. The van der Waals surface area contributed by atoms with E-state index in [1.165, 1.54) is 6.07 Å². The Kier molecular flexibility index (Phi) is 4.98. The molecule has 0 unspecified atom stereocenters. The second kappa shape index (κ2) is 5.21. The van der Waals surface area contributed by atoms with Crippen molar-refractivity contribution in [3.63, 3.8) is 0 Å². The first-order chi connectivity index (χ1) is 5.20. The summed E-state index contributed by atoms with van der Waals surface area (Å²) in [5.74, 6) is -1.65. The molecule has 0 atom stereocenters. The van der Waals surface area contributed by atoms with Gasteiger partial charge in [-0.05, 0) is 18.2 Å². The van der Waals surface area contributed by atoms with Crippen molar-refractivity contribution >= 4 is 15.9 Å². The van der Waals surface area contributed by atoms with Gasteiger partial charge >= 0.3 is 0 Å². The quantitative estimate of drug-likeness (QED) is 0.672. The lowest BCUT2D eigenvalue weighted by molar-refractivity contribution is 0.399. The summed E-state index contributed by atoms with van der Waals surface area (Å²) >= 11 is 2.99. The van der Waals surface area contributed by atoms with Gasteiger partial charge in [-0.1, -0.05) is 15.9 Å². The van der Waals surface area contributed by atoms with Gasteiger partial charge in [0, 0.05) is 11.6 Å². The van der Waals surface area contributed by atoms with Gasteiger partial charge in [0.2, 0.25) is 0 Å². The molecule has 0 heterocycles. The molecule has 1 N–H and O–H groups in total. The smallest absolute Gasteiger partial charge is 0.159 e. The highest BCUT2D eigenvalue weighted by Crippen LogP contribution is 2.13. The van der Waals surface area contributed by atoms with Crippen LogP contribution in [-0.4, -0.2) is 12.2 Å². The molecule has 0 saturated heterocycles. The maximum Gasteiger partial charge on any atom is 0.159 e. The Balaban J connectivity index is 0.000000461. The largest absolute Gasteiger partial charge is 0.400 e. The SMILES string of the molecule is CO.Fc1ccc(Br)cc1F. The Labute approximate surface area is 71.8 Å². The summed E-state index contributed by atoms with van der Waals surface area (Å²) in [5, 5.41) is 7.00. The molecule has 0 amide bonds. The minimum atomic E-state index is -0.829. The van der Waals surface area contributed by atoms with Gasteiger partial charge in [0.05, 0.1) is 0 Å². The van der Waals surface area contributed by atoms with Gasteiger partial charge in [0.15, 0.2) is 11.6 Å². The van der Waals surface area contributed by atoms with Crippen LogP contribution in [0, 0.1) is 11.6 Å². The lowest BCUT2D eigenvalue weighted by Gasteiger charge is -1.90. The molecule has 0 radical (unpaired) electrons. The predicted octanol–water partition coefficient (Wildman–Crippen LogP) is 2.34. The second-order valence-corrected chi connectivity index (χ2v) is 2.47. The molecule has 0 aliphatic heterocycles. The van der Waals surface area contributed by atoms with E-state index in [1.54, 1.807) is 0 Å². The molecule has 62 valence electrons. The number of hydrogen-bond acceptors (Lipinski definition) is 1. The first-order valence-corrected chi connectivity index (χ1v) is 3.55. The lowest BCUT2D eigenvalue weighted by atomic mass is 10.3. The van der Waals surface area contributed by atoms with Crippen molar-refractivity contribution in [2.24, 2.45) is 0 Å². The number of aliphatic hydroxyl groups excluding tert-OH is 1. The Morgan fingerprint density at radius 1 is 1.18 bits per heavy atom. The third-order valence-corrected chi connectivity index (χ3v) is 1.37. The summed E-state index contributed by atoms with van der Waals surface area (Å²) in [6.45, 7) is 0. The number of rotatable bonds is 0. The molecule has 1 nitrogen and oxygen atoms in total. The minimum absolute atomic E-state index is 0.543. The summed E-state index contributed by atoms with van der Waals surface area (Å²) < 4.78 is 24.8.